The van der Waals surface area contributed by atoms with Crippen LogP contribution in [0.1, 0.15) is 5.56 Å². The van der Waals surface area contributed by atoms with Crippen LogP contribution in [-0.2, 0) is 0 Å². The Balaban J connectivity index is 2.26. The van der Waals surface area contributed by atoms with E-state index in [0.29, 0.717) is 17.2 Å². The highest BCUT2D eigenvalue weighted by Gasteiger charge is 2.07. The van der Waals surface area contributed by atoms with Gasteiger partial charge in [-0.15, -0.1) is 0 Å². The molecule has 0 spiro atoms. The maximum absolute atomic E-state index is 8.72. The fourth-order valence-corrected chi connectivity index (χ4v) is 1.90. The molecule has 0 aliphatic rings. The van der Waals surface area contributed by atoms with Gasteiger partial charge in [-0.2, -0.15) is 5.26 Å². The SMILES string of the molecule is CNc1ncnc(Nc2ccc(C#N)cc2)c1Br. The van der Waals surface area contributed by atoms with Gasteiger partial charge >= 0.3 is 0 Å². The van der Waals surface area contributed by atoms with Gasteiger partial charge in [0, 0.05) is 12.7 Å². The van der Waals surface area contributed by atoms with Crippen molar-refractivity contribution in [1.82, 2.24) is 9.97 Å². The first-order valence-electron chi connectivity index (χ1n) is 5.20. The highest BCUT2D eigenvalue weighted by atomic mass is 79.9. The van der Waals surface area contributed by atoms with Gasteiger partial charge in [0.1, 0.15) is 22.4 Å². The van der Waals surface area contributed by atoms with Gasteiger partial charge in [-0.05, 0) is 40.2 Å². The van der Waals surface area contributed by atoms with Crippen LogP contribution in [0.5, 0.6) is 0 Å². The summed E-state index contributed by atoms with van der Waals surface area (Å²) < 4.78 is 0.761. The normalized spacial score (nSPS) is 9.61. The quantitative estimate of drug-likeness (QED) is 0.912. The van der Waals surface area contributed by atoms with Gasteiger partial charge in [-0.25, -0.2) is 9.97 Å². The van der Waals surface area contributed by atoms with Gasteiger partial charge in [0.25, 0.3) is 0 Å². The summed E-state index contributed by atoms with van der Waals surface area (Å²) in [4.78, 5) is 8.22. The Morgan fingerprint density at radius 2 is 1.83 bits per heavy atom. The van der Waals surface area contributed by atoms with Crippen LogP contribution in [0.2, 0.25) is 0 Å². The van der Waals surface area contributed by atoms with Gasteiger partial charge in [-0.1, -0.05) is 0 Å². The average molecular weight is 304 g/mol. The Kier molecular flexibility index (Phi) is 3.75. The maximum Gasteiger partial charge on any atom is 0.150 e. The number of halogens is 1. The number of nitrogens with one attached hydrogen (secondary N) is 2. The second-order valence-corrected chi connectivity index (χ2v) is 4.24. The third kappa shape index (κ3) is 2.57. The molecule has 0 saturated carbocycles. The van der Waals surface area contributed by atoms with E-state index in [1.54, 1.807) is 19.2 Å². The molecule has 18 heavy (non-hydrogen) atoms. The highest BCUT2D eigenvalue weighted by Crippen LogP contribution is 2.28. The summed E-state index contributed by atoms with van der Waals surface area (Å²) in [7, 11) is 1.79. The van der Waals surface area contributed by atoms with Crippen molar-refractivity contribution >= 4 is 33.3 Å². The van der Waals surface area contributed by atoms with Crippen LogP contribution in [0, 0.1) is 11.3 Å². The predicted molar refractivity (Wildman–Crippen MR) is 73.7 cm³/mol. The number of nitriles is 1. The van der Waals surface area contributed by atoms with E-state index in [-0.39, 0.29) is 0 Å². The summed E-state index contributed by atoms with van der Waals surface area (Å²) >= 11 is 3.42. The zero-order valence-corrected chi connectivity index (χ0v) is 11.2. The van der Waals surface area contributed by atoms with Crippen molar-refractivity contribution in [2.75, 3.05) is 17.7 Å². The molecule has 90 valence electrons. The molecule has 1 aromatic carbocycles. The van der Waals surface area contributed by atoms with Crippen LogP contribution >= 0.6 is 15.9 Å². The smallest absolute Gasteiger partial charge is 0.150 e. The van der Waals surface area contributed by atoms with Crippen LogP contribution in [0.25, 0.3) is 0 Å². The molecule has 0 unspecified atom stereocenters. The fraction of sp³-hybridized carbons (Fsp3) is 0.0833. The van der Waals surface area contributed by atoms with Crippen LogP contribution in [0.15, 0.2) is 35.1 Å². The van der Waals surface area contributed by atoms with Crippen molar-refractivity contribution in [3.63, 3.8) is 0 Å². The molecule has 6 heteroatoms. The molecule has 0 atom stereocenters. The molecule has 0 fully saturated rings. The van der Waals surface area contributed by atoms with E-state index in [4.69, 9.17) is 5.26 Å². The molecular formula is C12H10BrN5. The maximum atomic E-state index is 8.72. The number of anilines is 3. The standard InChI is InChI=1S/C12H10BrN5/c1-15-11-10(13)12(17-7-16-11)18-9-4-2-8(6-14)3-5-9/h2-5,7H,1H3,(H2,15,16,17,18). The Labute approximate surface area is 113 Å². The van der Waals surface area contributed by atoms with Crippen molar-refractivity contribution in [3.05, 3.63) is 40.6 Å². The monoisotopic (exact) mass is 303 g/mol. The van der Waals surface area contributed by atoms with Crippen LogP contribution < -0.4 is 10.6 Å². The Morgan fingerprint density at radius 1 is 1.17 bits per heavy atom. The van der Waals surface area contributed by atoms with E-state index >= 15 is 0 Å². The molecule has 0 bridgehead atoms. The third-order valence-electron chi connectivity index (χ3n) is 2.30. The van der Waals surface area contributed by atoms with Crippen molar-refractivity contribution in [3.8, 4) is 6.07 Å². The van der Waals surface area contributed by atoms with Gasteiger partial charge in [-0.3, -0.25) is 0 Å². The lowest BCUT2D eigenvalue weighted by atomic mass is 10.2. The number of rotatable bonds is 3. The molecule has 1 heterocycles. The average Bonchev–Trinajstić information content (AvgIpc) is 2.42. The summed E-state index contributed by atoms with van der Waals surface area (Å²) in [6.45, 7) is 0. The molecule has 0 saturated heterocycles. The first-order chi connectivity index (χ1) is 8.74. The second kappa shape index (κ2) is 5.47. The second-order valence-electron chi connectivity index (χ2n) is 3.45. The topological polar surface area (TPSA) is 73.6 Å². The van der Waals surface area contributed by atoms with E-state index in [1.165, 1.54) is 6.33 Å². The first kappa shape index (κ1) is 12.3. The van der Waals surface area contributed by atoms with E-state index in [1.807, 2.05) is 12.1 Å². The van der Waals surface area contributed by atoms with Crippen LogP contribution in [0.4, 0.5) is 17.3 Å². The molecule has 0 aliphatic carbocycles. The molecule has 0 aliphatic heterocycles. The number of aromatic nitrogens is 2. The molecule has 0 amide bonds. The molecule has 2 N–H and O–H groups in total. The molecule has 2 aromatic rings. The lowest BCUT2D eigenvalue weighted by Crippen LogP contribution is -2.00. The predicted octanol–water partition coefficient (Wildman–Crippen LogP) is 2.90. The van der Waals surface area contributed by atoms with Crippen molar-refractivity contribution in [2.24, 2.45) is 0 Å². The molecule has 1 aromatic heterocycles. The molecular weight excluding hydrogens is 294 g/mol. The van der Waals surface area contributed by atoms with Gasteiger partial charge < -0.3 is 10.6 Å². The minimum atomic E-state index is 0.623. The Bertz CT molecular complexity index is 588. The van der Waals surface area contributed by atoms with Crippen LogP contribution in [0.3, 0.4) is 0 Å². The fourth-order valence-electron chi connectivity index (χ4n) is 1.40. The van der Waals surface area contributed by atoms with E-state index in [0.717, 1.165) is 10.2 Å². The summed E-state index contributed by atoms with van der Waals surface area (Å²) in [5.41, 5.74) is 1.48. The van der Waals surface area contributed by atoms with E-state index in [9.17, 15) is 0 Å². The van der Waals surface area contributed by atoms with Crippen LogP contribution in [-0.4, -0.2) is 17.0 Å². The number of hydrogen-bond donors (Lipinski definition) is 2. The number of benzene rings is 1. The summed E-state index contributed by atoms with van der Waals surface area (Å²) in [5.74, 6) is 1.38. The molecule has 2 rings (SSSR count). The van der Waals surface area contributed by atoms with Gasteiger partial charge in [0.05, 0.1) is 11.6 Å². The lowest BCUT2D eigenvalue weighted by Gasteiger charge is -2.09. The minimum Gasteiger partial charge on any atom is -0.372 e. The Hall–Kier alpha value is -2.13. The number of hydrogen-bond acceptors (Lipinski definition) is 5. The van der Waals surface area contributed by atoms with Gasteiger partial charge in [0.2, 0.25) is 0 Å². The Morgan fingerprint density at radius 3 is 2.44 bits per heavy atom. The van der Waals surface area contributed by atoms with Gasteiger partial charge in [0.15, 0.2) is 0 Å². The largest absolute Gasteiger partial charge is 0.372 e. The summed E-state index contributed by atoms with van der Waals surface area (Å²) in [6, 6.07) is 9.22. The summed E-state index contributed by atoms with van der Waals surface area (Å²) in [6.07, 6.45) is 1.47. The molecule has 5 nitrogen and oxygen atoms in total. The zero-order chi connectivity index (χ0) is 13.0. The molecule has 0 radical (unpaired) electrons. The lowest BCUT2D eigenvalue weighted by molar-refractivity contribution is 1.14. The highest BCUT2D eigenvalue weighted by molar-refractivity contribution is 9.10. The zero-order valence-electron chi connectivity index (χ0n) is 9.61. The van der Waals surface area contributed by atoms with E-state index in [2.05, 4.69) is 42.6 Å². The number of nitrogens with zero attached hydrogens (tertiary/aromatic N) is 3. The van der Waals surface area contributed by atoms with Crippen molar-refractivity contribution in [2.45, 2.75) is 0 Å². The van der Waals surface area contributed by atoms with Crippen molar-refractivity contribution in [1.29, 1.82) is 5.26 Å². The first-order valence-corrected chi connectivity index (χ1v) is 5.99. The van der Waals surface area contributed by atoms with E-state index < -0.39 is 0 Å². The third-order valence-corrected chi connectivity index (χ3v) is 3.05. The van der Waals surface area contributed by atoms with Crippen molar-refractivity contribution < 1.29 is 0 Å². The summed E-state index contributed by atoms with van der Waals surface area (Å²) in [5, 5.41) is 14.8. The minimum absolute atomic E-state index is 0.623.